The first-order valence-corrected chi connectivity index (χ1v) is 9.28. The molecule has 3 saturated heterocycles. The average molecular weight is 335 g/mol. The second kappa shape index (κ2) is 7.00. The maximum Gasteiger partial charge on any atom is 0.237 e. The Morgan fingerprint density at radius 1 is 1.33 bits per heavy atom. The molecule has 1 unspecified atom stereocenters. The van der Waals surface area contributed by atoms with E-state index in [9.17, 15) is 9.59 Å². The summed E-state index contributed by atoms with van der Waals surface area (Å²) < 4.78 is 0. The summed E-state index contributed by atoms with van der Waals surface area (Å²) in [6, 6.07) is 0.791. The highest BCUT2D eigenvalue weighted by molar-refractivity contribution is 5.85. The van der Waals surface area contributed by atoms with Crippen LogP contribution in [0.3, 0.4) is 0 Å². The van der Waals surface area contributed by atoms with E-state index < -0.39 is 5.54 Å². The van der Waals surface area contributed by atoms with Crippen molar-refractivity contribution >= 4 is 11.8 Å². The highest BCUT2D eigenvalue weighted by Gasteiger charge is 2.52. The van der Waals surface area contributed by atoms with Gasteiger partial charge in [-0.25, -0.2) is 0 Å². The smallest absolute Gasteiger partial charge is 0.237 e. The lowest BCUT2D eigenvalue weighted by molar-refractivity contribution is -0.132. The lowest BCUT2D eigenvalue weighted by Crippen LogP contribution is -2.60. The van der Waals surface area contributed by atoms with E-state index in [2.05, 4.69) is 16.2 Å². The van der Waals surface area contributed by atoms with E-state index in [4.69, 9.17) is 5.73 Å². The lowest BCUT2D eigenvalue weighted by Gasteiger charge is -2.44. The summed E-state index contributed by atoms with van der Waals surface area (Å²) in [5.74, 6) is -0.0204. The minimum atomic E-state index is -0.436. The Bertz CT molecular complexity index is 493. The number of likely N-dealkylation sites (tertiary alicyclic amines) is 1. The first kappa shape index (κ1) is 17.7. The van der Waals surface area contributed by atoms with Crippen LogP contribution in [0.5, 0.6) is 0 Å². The van der Waals surface area contributed by atoms with Gasteiger partial charge in [0.25, 0.3) is 0 Å². The van der Waals surface area contributed by atoms with Crippen molar-refractivity contribution in [2.45, 2.75) is 63.1 Å². The predicted molar refractivity (Wildman–Crippen MR) is 93.1 cm³/mol. The molecule has 0 spiro atoms. The topological polar surface area (TPSA) is 69.9 Å². The van der Waals surface area contributed by atoms with Crippen LogP contribution in [0, 0.1) is 6.42 Å². The van der Waals surface area contributed by atoms with Crippen molar-refractivity contribution in [2.24, 2.45) is 5.73 Å². The summed E-state index contributed by atoms with van der Waals surface area (Å²) >= 11 is 0. The number of amides is 2. The standard InChI is InChI=1S/C18H31N4O2/c1-14(23)20(2)16-6-4-10-21(13-16)11-12-22-15-5-3-8-18(22,9-7-15)17(19)24/h3,15-16H,4-13H2,1-2H3,(H2,19,24)/t15-,16?,18+/m1/s1. The number of hydrogen-bond donors (Lipinski definition) is 1. The van der Waals surface area contributed by atoms with Gasteiger partial charge in [-0.1, -0.05) is 0 Å². The molecule has 3 aliphatic rings. The third-order valence-corrected chi connectivity index (χ3v) is 6.44. The van der Waals surface area contributed by atoms with Crippen molar-refractivity contribution in [2.75, 3.05) is 33.2 Å². The van der Waals surface area contributed by atoms with Gasteiger partial charge in [0.15, 0.2) is 0 Å². The van der Waals surface area contributed by atoms with Crippen LogP contribution in [0.25, 0.3) is 0 Å². The van der Waals surface area contributed by atoms with Crippen LogP contribution < -0.4 is 5.73 Å². The van der Waals surface area contributed by atoms with Crippen LogP contribution in [0.4, 0.5) is 0 Å². The van der Waals surface area contributed by atoms with Gasteiger partial charge in [-0.3, -0.25) is 14.5 Å². The van der Waals surface area contributed by atoms with Crippen LogP contribution in [-0.4, -0.2) is 77.4 Å². The molecule has 0 aromatic rings. The van der Waals surface area contributed by atoms with Gasteiger partial charge >= 0.3 is 0 Å². The van der Waals surface area contributed by atoms with Gasteiger partial charge in [0.2, 0.25) is 11.8 Å². The molecule has 6 nitrogen and oxygen atoms in total. The quantitative estimate of drug-likeness (QED) is 0.799. The van der Waals surface area contributed by atoms with Gasteiger partial charge in [0.1, 0.15) is 5.54 Å². The van der Waals surface area contributed by atoms with Crippen LogP contribution in [0.15, 0.2) is 0 Å². The fourth-order valence-corrected chi connectivity index (χ4v) is 4.85. The zero-order chi connectivity index (χ0) is 17.3. The van der Waals surface area contributed by atoms with Crippen LogP contribution in [-0.2, 0) is 9.59 Å². The van der Waals surface area contributed by atoms with E-state index >= 15 is 0 Å². The minimum absolute atomic E-state index is 0.138. The number of hydrogen-bond acceptors (Lipinski definition) is 4. The molecule has 3 heterocycles. The van der Waals surface area contributed by atoms with Gasteiger partial charge in [0, 0.05) is 45.7 Å². The van der Waals surface area contributed by atoms with Crippen molar-refractivity contribution in [1.29, 1.82) is 0 Å². The summed E-state index contributed by atoms with van der Waals surface area (Å²) in [7, 11) is 1.90. The van der Waals surface area contributed by atoms with Gasteiger partial charge in [0.05, 0.1) is 0 Å². The number of carbonyl (C=O) groups excluding carboxylic acids is 2. The molecule has 0 aromatic heterocycles. The van der Waals surface area contributed by atoms with E-state index in [0.29, 0.717) is 12.1 Å². The van der Waals surface area contributed by atoms with E-state index in [1.165, 1.54) is 0 Å². The maximum atomic E-state index is 12.1. The van der Waals surface area contributed by atoms with E-state index in [1.54, 1.807) is 6.92 Å². The lowest BCUT2D eigenvalue weighted by atomic mass is 9.87. The molecule has 6 heteroatoms. The Morgan fingerprint density at radius 2 is 2.12 bits per heavy atom. The van der Waals surface area contributed by atoms with Gasteiger partial charge in [-0.2, -0.15) is 0 Å². The Morgan fingerprint density at radius 3 is 2.83 bits per heavy atom. The van der Waals surface area contributed by atoms with Gasteiger partial charge < -0.3 is 15.5 Å². The molecule has 2 amide bonds. The van der Waals surface area contributed by atoms with E-state index in [1.807, 2.05) is 11.9 Å². The molecule has 2 N–H and O–H groups in total. The number of nitrogens with two attached hydrogens (primary N) is 1. The molecule has 0 aromatic carbocycles. The minimum Gasteiger partial charge on any atom is -0.368 e. The number of primary amides is 1. The van der Waals surface area contributed by atoms with Crippen molar-refractivity contribution in [3.63, 3.8) is 0 Å². The Hall–Kier alpha value is -1.14. The van der Waals surface area contributed by atoms with Crippen molar-refractivity contribution in [1.82, 2.24) is 14.7 Å². The predicted octanol–water partition coefficient (Wildman–Crippen LogP) is 0.616. The molecule has 3 rings (SSSR count). The number of carbonyl (C=O) groups is 2. The van der Waals surface area contributed by atoms with E-state index in [-0.39, 0.29) is 11.8 Å². The zero-order valence-corrected chi connectivity index (χ0v) is 15.0. The maximum absolute atomic E-state index is 12.1. The molecule has 1 radical (unpaired) electrons. The highest BCUT2D eigenvalue weighted by Crippen LogP contribution is 2.43. The number of rotatable bonds is 5. The average Bonchev–Trinajstić information content (AvgIpc) is 2.77. The molecule has 0 aliphatic carbocycles. The molecule has 3 atom stereocenters. The summed E-state index contributed by atoms with van der Waals surface area (Å²) in [5, 5.41) is 0. The van der Waals surface area contributed by atoms with Crippen molar-refractivity contribution in [3.8, 4) is 0 Å². The molecular formula is C18H31N4O2. The fourth-order valence-electron chi connectivity index (χ4n) is 4.85. The summed E-state index contributed by atoms with van der Waals surface area (Å²) in [4.78, 5) is 30.4. The van der Waals surface area contributed by atoms with Crippen molar-refractivity contribution in [3.05, 3.63) is 6.42 Å². The Labute approximate surface area is 145 Å². The third kappa shape index (κ3) is 3.18. The molecule has 24 heavy (non-hydrogen) atoms. The molecule has 0 saturated carbocycles. The zero-order valence-electron chi connectivity index (χ0n) is 15.0. The monoisotopic (exact) mass is 335 g/mol. The molecule has 2 bridgehead atoms. The Balaban J connectivity index is 1.59. The third-order valence-electron chi connectivity index (χ3n) is 6.44. The summed E-state index contributed by atoms with van der Waals surface area (Å²) in [5.41, 5.74) is 5.34. The normalized spacial score (nSPS) is 34.2. The number of nitrogens with zero attached hydrogens (tertiary/aromatic N) is 3. The van der Waals surface area contributed by atoms with Gasteiger partial charge in [-0.15, -0.1) is 0 Å². The van der Waals surface area contributed by atoms with Crippen LogP contribution >= 0.6 is 0 Å². The fraction of sp³-hybridized carbons (Fsp3) is 0.833. The SMILES string of the molecule is CC(=O)N(C)C1CCCN(CCN2[C@@H]3C[CH]C[C@@]2(C(N)=O)CC3)C1. The molecule has 135 valence electrons. The number of fused-ring (bicyclic) bond motifs is 2. The molecular weight excluding hydrogens is 304 g/mol. The second-order valence-electron chi connectivity index (χ2n) is 7.74. The second-order valence-corrected chi connectivity index (χ2v) is 7.74. The first-order chi connectivity index (χ1) is 11.4. The van der Waals surface area contributed by atoms with Gasteiger partial charge in [-0.05, 0) is 51.5 Å². The molecule has 3 fully saturated rings. The van der Waals surface area contributed by atoms with Crippen LogP contribution in [0.2, 0.25) is 0 Å². The first-order valence-electron chi connectivity index (χ1n) is 9.28. The number of likely N-dealkylation sites (N-methyl/N-ethyl adjacent to an activating group) is 1. The Kier molecular flexibility index (Phi) is 5.16. The summed E-state index contributed by atoms with van der Waals surface area (Å²) in [6.45, 7) is 5.50. The van der Waals surface area contributed by atoms with Crippen molar-refractivity contribution < 1.29 is 9.59 Å². The van der Waals surface area contributed by atoms with E-state index in [0.717, 1.165) is 64.7 Å². The largest absolute Gasteiger partial charge is 0.368 e. The number of piperidine rings is 2. The van der Waals surface area contributed by atoms with Crippen LogP contribution in [0.1, 0.15) is 45.4 Å². The highest BCUT2D eigenvalue weighted by atomic mass is 16.2. The molecule has 3 aliphatic heterocycles. The summed E-state index contributed by atoms with van der Waals surface area (Å²) in [6.07, 6.45) is 8.31.